The third kappa shape index (κ3) is 1.66. The molecule has 0 aliphatic rings. The summed E-state index contributed by atoms with van der Waals surface area (Å²) >= 11 is 3.05. The quantitative estimate of drug-likeness (QED) is 0.817. The number of hydrogen-bond acceptors (Lipinski definition) is 2. The van der Waals surface area contributed by atoms with Crippen LogP contribution in [0.3, 0.4) is 0 Å². The average molecular weight is 233 g/mol. The van der Waals surface area contributed by atoms with Gasteiger partial charge in [-0.15, -0.1) is 0 Å². The van der Waals surface area contributed by atoms with Crippen molar-refractivity contribution in [2.24, 2.45) is 0 Å². The lowest BCUT2D eigenvalue weighted by molar-refractivity contribution is 0.612. The van der Waals surface area contributed by atoms with E-state index in [1.165, 1.54) is 10.8 Å². The van der Waals surface area contributed by atoms with Gasteiger partial charge >= 0.3 is 5.69 Å². The van der Waals surface area contributed by atoms with Crippen LogP contribution < -0.4 is 11.2 Å². The molecule has 0 atom stereocenters. The van der Waals surface area contributed by atoms with Gasteiger partial charge in [0.25, 0.3) is 5.56 Å². The molecule has 0 unspecified atom stereocenters. The molecule has 66 valence electrons. The maximum Gasteiger partial charge on any atom is 0.328 e. The molecule has 0 radical (unpaired) electrons. The normalized spacial score (nSPS) is 10.2. The van der Waals surface area contributed by atoms with Gasteiger partial charge in [-0.1, -0.05) is 6.92 Å². The fourth-order valence-corrected chi connectivity index (χ4v) is 1.24. The van der Waals surface area contributed by atoms with Crippen molar-refractivity contribution in [2.45, 2.75) is 19.9 Å². The molecule has 1 aromatic rings. The summed E-state index contributed by atoms with van der Waals surface area (Å²) in [7, 11) is 0. The molecule has 12 heavy (non-hydrogen) atoms. The summed E-state index contributed by atoms with van der Waals surface area (Å²) in [6.07, 6.45) is 2.12. The number of aromatic amines is 1. The van der Waals surface area contributed by atoms with E-state index in [9.17, 15) is 9.59 Å². The second-order valence-corrected chi connectivity index (χ2v) is 3.25. The van der Waals surface area contributed by atoms with Crippen molar-refractivity contribution >= 4 is 15.9 Å². The minimum absolute atomic E-state index is 0.277. The lowest BCUT2D eigenvalue weighted by Gasteiger charge is -2.00. The van der Waals surface area contributed by atoms with Crippen molar-refractivity contribution in [2.75, 3.05) is 0 Å². The van der Waals surface area contributed by atoms with E-state index in [1.54, 1.807) is 0 Å². The third-order valence-corrected chi connectivity index (χ3v) is 2.03. The molecular weight excluding hydrogens is 224 g/mol. The molecule has 0 aliphatic heterocycles. The summed E-state index contributed by atoms with van der Waals surface area (Å²) in [5.41, 5.74) is -0.634. The Morgan fingerprint density at radius 2 is 2.25 bits per heavy atom. The summed E-state index contributed by atoms with van der Waals surface area (Å²) in [6.45, 7) is 2.36. The highest BCUT2D eigenvalue weighted by Crippen LogP contribution is 1.96. The minimum atomic E-state index is -0.356. The van der Waals surface area contributed by atoms with Crippen LogP contribution >= 0.6 is 15.9 Å². The minimum Gasteiger partial charge on any atom is -0.313 e. The molecule has 0 spiro atoms. The first-order chi connectivity index (χ1) is 5.66. The summed E-state index contributed by atoms with van der Waals surface area (Å²) in [5, 5.41) is 0. The van der Waals surface area contributed by atoms with Gasteiger partial charge in [0.2, 0.25) is 0 Å². The highest BCUT2D eigenvalue weighted by atomic mass is 79.9. The van der Waals surface area contributed by atoms with Crippen molar-refractivity contribution < 1.29 is 0 Å². The maximum absolute atomic E-state index is 11.3. The first kappa shape index (κ1) is 9.25. The first-order valence-electron chi connectivity index (χ1n) is 3.65. The van der Waals surface area contributed by atoms with E-state index in [0.29, 0.717) is 11.0 Å². The smallest absolute Gasteiger partial charge is 0.313 e. The average Bonchev–Trinajstić information content (AvgIpc) is 2.06. The summed E-state index contributed by atoms with van der Waals surface area (Å²) in [5.74, 6) is 0. The lowest BCUT2D eigenvalue weighted by Crippen LogP contribution is -2.34. The van der Waals surface area contributed by atoms with Gasteiger partial charge in [-0.05, 0) is 22.4 Å². The monoisotopic (exact) mass is 232 g/mol. The fourth-order valence-electron chi connectivity index (χ4n) is 0.913. The van der Waals surface area contributed by atoms with Gasteiger partial charge in [0, 0.05) is 12.7 Å². The van der Waals surface area contributed by atoms with Gasteiger partial charge in [0.15, 0.2) is 0 Å². The first-order valence-corrected chi connectivity index (χ1v) is 4.44. The van der Waals surface area contributed by atoms with Gasteiger partial charge in [0.05, 0.1) is 4.47 Å². The van der Waals surface area contributed by atoms with Crippen LogP contribution in [-0.4, -0.2) is 9.55 Å². The van der Waals surface area contributed by atoms with E-state index in [-0.39, 0.29) is 11.2 Å². The Hall–Kier alpha value is -0.840. The standard InChI is InChI=1S/C7H9BrN2O2/c1-2-3-10-6(11)5(8)4-9-7(10)12/h4H,2-3H2,1H3,(H,9,12). The van der Waals surface area contributed by atoms with E-state index in [2.05, 4.69) is 20.9 Å². The molecule has 5 heteroatoms. The van der Waals surface area contributed by atoms with E-state index >= 15 is 0 Å². The number of H-pyrrole nitrogens is 1. The molecule has 0 aliphatic carbocycles. The Balaban J connectivity index is 3.34. The number of hydrogen-bond donors (Lipinski definition) is 1. The second-order valence-electron chi connectivity index (χ2n) is 2.40. The number of aromatic nitrogens is 2. The van der Waals surface area contributed by atoms with Crippen LogP contribution in [0.25, 0.3) is 0 Å². The zero-order valence-corrected chi connectivity index (χ0v) is 8.22. The molecule has 0 saturated heterocycles. The van der Waals surface area contributed by atoms with E-state index in [1.807, 2.05) is 6.92 Å². The summed E-state index contributed by atoms with van der Waals surface area (Å²) in [6, 6.07) is 0. The van der Waals surface area contributed by atoms with Crippen LogP contribution in [0, 0.1) is 0 Å². The third-order valence-electron chi connectivity index (χ3n) is 1.46. The predicted octanol–water partition coefficient (Wildman–Crippen LogP) is 0.709. The van der Waals surface area contributed by atoms with Crippen LogP contribution in [0.4, 0.5) is 0 Å². The molecule has 1 N–H and O–H groups in total. The van der Waals surface area contributed by atoms with Crippen LogP contribution in [0.2, 0.25) is 0 Å². The largest absolute Gasteiger partial charge is 0.328 e. The maximum atomic E-state index is 11.3. The molecule has 1 aromatic heterocycles. The number of halogens is 1. The van der Waals surface area contributed by atoms with Gasteiger partial charge in [0.1, 0.15) is 0 Å². The zero-order chi connectivity index (χ0) is 9.14. The topological polar surface area (TPSA) is 54.9 Å². The summed E-state index contributed by atoms with van der Waals surface area (Å²) in [4.78, 5) is 24.8. The Morgan fingerprint density at radius 1 is 1.58 bits per heavy atom. The van der Waals surface area contributed by atoms with Crippen LogP contribution in [0.5, 0.6) is 0 Å². The van der Waals surface area contributed by atoms with Gasteiger partial charge in [-0.3, -0.25) is 9.36 Å². The van der Waals surface area contributed by atoms with E-state index < -0.39 is 0 Å². The van der Waals surface area contributed by atoms with Gasteiger partial charge < -0.3 is 4.98 Å². The van der Waals surface area contributed by atoms with Crippen molar-refractivity contribution in [3.63, 3.8) is 0 Å². The molecule has 0 saturated carbocycles. The Bertz CT molecular complexity index is 380. The van der Waals surface area contributed by atoms with Crippen LogP contribution in [0.1, 0.15) is 13.3 Å². The second kappa shape index (κ2) is 3.71. The van der Waals surface area contributed by atoms with Crippen molar-refractivity contribution in [3.8, 4) is 0 Å². The molecule has 0 amide bonds. The van der Waals surface area contributed by atoms with Gasteiger partial charge in [-0.25, -0.2) is 4.79 Å². The number of nitrogens with zero attached hydrogens (tertiary/aromatic N) is 1. The van der Waals surface area contributed by atoms with Crippen molar-refractivity contribution in [1.82, 2.24) is 9.55 Å². The van der Waals surface area contributed by atoms with Gasteiger partial charge in [-0.2, -0.15) is 0 Å². The fraction of sp³-hybridized carbons (Fsp3) is 0.429. The highest BCUT2D eigenvalue weighted by molar-refractivity contribution is 9.10. The molecule has 0 bridgehead atoms. The SMILES string of the molecule is CCCn1c(=O)[nH]cc(Br)c1=O. The molecule has 1 rings (SSSR count). The number of rotatable bonds is 2. The molecular formula is C7H9BrN2O2. The van der Waals surface area contributed by atoms with Crippen LogP contribution in [0.15, 0.2) is 20.3 Å². The Kier molecular flexibility index (Phi) is 2.86. The molecule has 0 aromatic carbocycles. The van der Waals surface area contributed by atoms with Crippen molar-refractivity contribution in [1.29, 1.82) is 0 Å². The van der Waals surface area contributed by atoms with Crippen LogP contribution in [-0.2, 0) is 6.54 Å². The van der Waals surface area contributed by atoms with Crippen molar-refractivity contribution in [3.05, 3.63) is 31.5 Å². The number of nitrogens with one attached hydrogen (secondary N) is 1. The predicted molar refractivity (Wildman–Crippen MR) is 49.3 cm³/mol. The highest BCUT2D eigenvalue weighted by Gasteiger charge is 2.02. The summed E-state index contributed by atoms with van der Waals surface area (Å²) < 4.78 is 1.56. The lowest BCUT2D eigenvalue weighted by atomic mass is 10.5. The molecule has 0 fully saturated rings. The zero-order valence-electron chi connectivity index (χ0n) is 6.63. The van der Waals surface area contributed by atoms with E-state index in [0.717, 1.165) is 6.42 Å². The Morgan fingerprint density at radius 3 is 2.83 bits per heavy atom. The Labute approximate surface area is 77.4 Å². The molecule has 4 nitrogen and oxygen atoms in total. The molecule has 1 heterocycles. The van der Waals surface area contributed by atoms with E-state index in [4.69, 9.17) is 0 Å².